The van der Waals surface area contributed by atoms with E-state index in [0.717, 1.165) is 23.2 Å². The molecule has 16 heavy (non-hydrogen) atoms. The van der Waals surface area contributed by atoms with Gasteiger partial charge in [0, 0.05) is 11.7 Å². The van der Waals surface area contributed by atoms with Crippen LogP contribution in [0, 0.1) is 13.8 Å². The van der Waals surface area contributed by atoms with Crippen LogP contribution in [0.4, 0.5) is 10.5 Å². The van der Waals surface area contributed by atoms with E-state index in [1.807, 2.05) is 39.8 Å². The second kappa shape index (κ2) is 5.54. The Balaban J connectivity index is 2.62. The Bertz CT molecular complexity index is 354. The summed E-state index contributed by atoms with van der Waals surface area (Å²) in [7, 11) is 0. The molecule has 0 saturated heterocycles. The van der Waals surface area contributed by atoms with Gasteiger partial charge >= 0.3 is 6.03 Å². The first-order valence-corrected chi connectivity index (χ1v) is 5.67. The zero-order chi connectivity index (χ0) is 12.1. The number of rotatable bonds is 3. The molecule has 0 bridgehead atoms. The van der Waals surface area contributed by atoms with Crippen LogP contribution in [0.1, 0.15) is 31.4 Å². The van der Waals surface area contributed by atoms with Crippen LogP contribution in [0.5, 0.6) is 0 Å². The molecule has 1 atom stereocenters. The molecule has 3 nitrogen and oxygen atoms in total. The molecule has 0 heterocycles. The summed E-state index contributed by atoms with van der Waals surface area (Å²) in [4.78, 5) is 11.6. The van der Waals surface area contributed by atoms with E-state index >= 15 is 0 Å². The summed E-state index contributed by atoms with van der Waals surface area (Å²) in [6, 6.07) is 6.06. The number of hydrogen-bond acceptors (Lipinski definition) is 1. The lowest BCUT2D eigenvalue weighted by atomic mass is 10.1. The summed E-state index contributed by atoms with van der Waals surface area (Å²) in [6.45, 7) is 8.07. The van der Waals surface area contributed by atoms with E-state index in [0.29, 0.717) is 0 Å². The number of aryl methyl sites for hydroxylation is 2. The number of carbonyl (C=O) groups is 1. The van der Waals surface area contributed by atoms with E-state index in [-0.39, 0.29) is 12.1 Å². The first-order chi connectivity index (χ1) is 7.51. The van der Waals surface area contributed by atoms with Gasteiger partial charge < -0.3 is 10.6 Å². The molecule has 0 radical (unpaired) electrons. The lowest BCUT2D eigenvalue weighted by Crippen LogP contribution is -2.35. The van der Waals surface area contributed by atoms with Gasteiger partial charge in [-0.05, 0) is 50.5 Å². The van der Waals surface area contributed by atoms with Crippen LogP contribution >= 0.6 is 0 Å². The van der Waals surface area contributed by atoms with Gasteiger partial charge in [0.25, 0.3) is 0 Å². The Morgan fingerprint density at radius 3 is 2.31 bits per heavy atom. The smallest absolute Gasteiger partial charge is 0.319 e. The fraction of sp³-hybridized carbons (Fsp3) is 0.462. The third-order valence-electron chi connectivity index (χ3n) is 2.47. The summed E-state index contributed by atoms with van der Waals surface area (Å²) in [5.41, 5.74) is 3.15. The fourth-order valence-electron chi connectivity index (χ4n) is 1.54. The van der Waals surface area contributed by atoms with E-state index in [9.17, 15) is 4.79 Å². The predicted molar refractivity (Wildman–Crippen MR) is 67.8 cm³/mol. The molecule has 2 amide bonds. The second-order valence-electron chi connectivity index (χ2n) is 4.28. The van der Waals surface area contributed by atoms with Crippen LogP contribution in [0.15, 0.2) is 18.2 Å². The van der Waals surface area contributed by atoms with Crippen LogP contribution in [0.25, 0.3) is 0 Å². The Morgan fingerprint density at radius 1 is 1.25 bits per heavy atom. The average Bonchev–Trinajstić information content (AvgIpc) is 2.15. The Kier molecular flexibility index (Phi) is 4.35. The van der Waals surface area contributed by atoms with Crippen molar-refractivity contribution in [3.8, 4) is 0 Å². The van der Waals surface area contributed by atoms with Gasteiger partial charge in [-0.3, -0.25) is 0 Å². The van der Waals surface area contributed by atoms with Crippen molar-refractivity contribution in [2.24, 2.45) is 0 Å². The van der Waals surface area contributed by atoms with E-state index in [1.165, 1.54) is 0 Å². The van der Waals surface area contributed by atoms with Crippen molar-refractivity contribution >= 4 is 11.7 Å². The largest absolute Gasteiger partial charge is 0.335 e. The van der Waals surface area contributed by atoms with Crippen LogP contribution < -0.4 is 10.6 Å². The monoisotopic (exact) mass is 220 g/mol. The molecule has 0 aliphatic carbocycles. The summed E-state index contributed by atoms with van der Waals surface area (Å²) in [6.07, 6.45) is 0.931. The minimum Gasteiger partial charge on any atom is -0.335 e. The van der Waals surface area contributed by atoms with E-state index in [4.69, 9.17) is 0 Å². The highest BCUT2D eigenvalue weighted by atomic mass is 16.2. The average molecular weight is 220 g/mol. The summed E-state index contributed by atoms with van der Waals surface area (Å²) >= 11 is 0. The van der Waals surface area contributed by atoms with Crippen molar-refractivity contribution in [3.63, 3.8) is 0 Å². The zero-order valence-corrected chi connectivity index (χ0v) is 10.4. The normalized spacial score (nSPS) is 12.0. The van der Waals surface area contributed by atoms with Gasteiger partial charge in [-0.25, -0.2) is 4.79 Å². The standard InChI is InChI=1S/C13H20N2O/c1-5-11(4)14-13(16)15-12-7-9(2)6-10(3)8-12/h6-8,11H,5H2,1-4H3,(H2,14,15,16)/t11-/m1/s1. The molecule has 0 aliphatic heterocycles. The third kappa shape index (κ3) is 3.93. The van der Waals surface area contributed by atoms with Crippen molar-refractivity contribution in [3.05, 3.63) is 29.3 Å². The Morgan fingerprint density at radius 2 is 1.81 bits per heavy atom. The van der Waals surface area contributed by atoms with Gasteiger partial charge in [0.15, 0.2) is 0 Å². The highest BCUT2D eigenvalue weighted by molar-refractivity contribution is 5.89. The minimum absolute atomic E-state index is 0.139. The first-order valence-electron chi connectivity index (χ1n) is 5.67. The maximum Gasteiger partial charge on any atom is 0.319 e. The second-order valence-corrected chi connectivity index (χ2v) is 4.28. The highest BCUT2D eigenvalue weighted by Gasteiger charge is 2.05. The molecule has 2 N–H and O–H groups in total. The molecule has 88 valence electrons. The number of hydrogen-bond donors (Lipinski definition) is 2. The van der Waals surface area contributed by atoms with Crippen molar-refractivity contribution in [1.82, 2.24) is 5.32 Å². The maximum atomic E-state index is 11.6. The molecule has 1 rings (SSSR count). The molecule has 0 spiro atoms. The van der Waals surface area contributed by atoms with Crippen molar-refractivity contribution in [1.29, 1.82) is 0 Å². The van der Waals surface area contributed by atoms with Crippen molar-refractivity contribution < 1.29 is 4.79 Å². The molecule has 1 aromatic rings. The maximum absolute atomic E-state index is 11.6. The van der Waals surface area contributed by atoms with Gasteiger partial charge in [-0.1, -0.05) is 13.0 Å². The quantitative estimate of drug-likeness (QED) is 0.806. The lowest BCUT2D eigenvalue weighted by molar-refractivity contribution is 0.249. The number of nitrogens with one attached hydrogen (secondary N) is 2. The van der Waals surface area contributed by atoms with Crippen molar-refractivity contribution in [2.75, 3.05) is 5.32 Å². The van der Waals surface area contributed by atoms with Crippen molar-refractivity contribution in [2.45, 2.75) is 40.2 Å². The molecule has 3 heteroatoms. The number of urea groups is 1. The Hall–Kier alpha value is -1.51. The topological polar surface area (TPSA) is 41.1 Å². The third-order valence-corrected chi connectivity index (χ3v) is 2.47. The lowest BCUT2D eigenvalue weighted by Gasteiger charge is -2.13. The number of amides is 2. The fourth-order valence-corrected chi connectivity index (χ4v) is 1.54. The summed E-state index contributed by atoms with van der Waals surface area (Å²) in [5, 5.41) is 5.71. The van der Waals surface area contributed by atoms with Gasteiger partial charge in [-0.15, -0.1) is 0 Å². The summed E-state index contributed by atoms with van der Waals surface area (Å²) in [5.74, 6) is 0. The first kappa shape index (κ1) is 12.6. The molecular formula is C13H20N2O. The molecule has 0 unspecified atom stereocenters. The molecule has 0 aromatic heterocycles. The van der Waals surface area contributed by atoms with Gasteiger partial charge in [-0.2, -0.15) is 0 Å². The van der Waals surface area contributed by atoms with E-state index in [1.54, 1.807) is 0 Å². The molecule has 0 aliphatic rings. The highest BCUT2D eigenvalue weighted by Crippen LogP contribution is 2.13. The Labute approximate surface area is 97.2 Å². The zero-order valence-electron chi connectivity index (χ0n) is 10.4. The number of carbonyl (C=O) groups excluding carboxylic acids is 1. The number of anilines is 1. The molecule has 0 saturated carbocycles. The summed E-state index contributed by atoms with van der Waals surface area (Å²) < 4.78 is 0. The van der Waals surface area contributed by atoms with Gasteiger partial charge in [0.2, 0.25) is 0 Å². The van der Waals surface area contributed by atoms with Crippen LogP contribution in [-0.2, 0) is 0 Å². The minimum atomic E-state index is -0.139. The van der Waals surface area contributed by atoms with E-state index in [2.05, 4.69) is 16.7 Å². The molecular weight excluding hydrogens is 200 g/mol. The molecule has 1 aromatic carbocycles. The van der Waals surface area contributed by atoms with Crippen LogP contribution in [0.3, 0.4) is 0 Å². The van der Waals surface area contributed by atoms with Gasteiger partial charge in [0.05, 0.1) is 0 Å². The van der Waals surface area contributed by atoms with Gasteiger partial charge in [0.1, 0.15) is 0 Å². The van der Waals surface area contributed by atoms with E-state index < -0.39 is 0 Å². The predicted octanol–water partition coefficient (Wildman–Crippen LogP) is 3.22. The molecule has 0 fully saturated rings. The SMILES string of the molecule is CC[C@@H](C)NC(=O)Nc1cc(C)cc(C)c1. The van der Waals surface area contributed by atoms with Crippen LogP contribution in [0.2, 0.25) is 0 Å². The number of benzene rings is 1. The van der Waals surface area contributed by atoms with Crippen LogP contribution in [-0.4, -0.2) is 12.1 Å².